The van der Waals surface area contributed by atoms with Crippen LogP contribution in [0.4, 0.5) is 4.79 Å². The second-order valence-corrected chi connectivity index (χ2v) is 6.60. The lowest BCUT2D eigenvalue weighted by Crippen LogP contribution is -2.53. The van der Waals surface area contributed by atoms with Crippen LogP contribution in [0.25, 0.3) is 0 Å². The predicted molar refractivity (Wildman–Crippen MR) is 85.6 cm³/mol. The van der Waals surface area contributed by atoms with E-state index in [1.165, 1.54) is 32.4 Å². The Morgan fingerprint density at radius 2 is 2.14 bits per heavy atom. The molecule has 0 bridgehead atoms. The highest BCUT2D eigenvalue weighted by molar-refractivity contribution is 5.74. The molecule has 0 saturated carbocycles. The number of piperidine rings is 1. The highest BCUT2D eigenvalue weighted by Gasteiger charge is 2.29. The Kier molecular flexibility index (Phi) is 4.97. The Labute approximate surface area is 132 Å². The number of imidazole rings is 1. The van der Waals surface area contributed by atoms with Gasteiger partial charge in [0, 0.05) is 44.1 Å². The molecule has 22 heavy (non-hydrogen) atoms. The van der Waals surface area contributed by atoms with Gasteiger partial charge in [0.25, 0.3) is 0 Å². The van der Waals surface area contributed by atoms with E-state index in [0.717, 1.165) is 26.1 Å². The normalized spacial score (nSPS) is 24.4. The van der Waals surface area contributed by atoms with Crippen LogP contribution in [0.3, 0.4) is 0 Å². The molecule has 122 valence electrons. The zero-order valence-electron chi connectivity index (χ0n) is 13.4. The lowest BCUT2D eigenvalue weighted by Gasteiger charge is -2.38. The molecule has 6 heteroatoms. The van der Waals surface area contributed by atoms with Crippen LogP contribution in [0.15, 0.2) is 18.7 Å². The summed E-state index contributed by atoms with van der Waals surface area (Å²) in [6.45, 7) is 6.97. The maximum Gasteiger partial charge on any atom is 0.317 e. The van der Waals surface area contributed by atoms with Gasteiger partial charge in [-0.2, -0.15) is 0 Å². The number of carbonyl (C=O) groups excluding carboxylic acids is 1. The van der Waals surface area contributed by atoms with Crippen molar-refractivity contribution in [2.45, 2.75) is 51.2 Å². The molecular weight excluding hydrogens is 278 g/mol. The summed E-state index contributed by atoms with van der Waals surface area (Å²) < 4.78 is 1.99. The Bertz CT molecular complexity index is 469. The van der Waals surface area contributed by atoms with Gasteiger partial charge in [0.05, 0.1) is 6.33 Å². The fraction of sp³-hybridized carbons (Fsp3) is 0.750. The summed E-state index contributed by atoms with van der Waals surface area (Å²) in [5.41, 5.74) is 0. The zero-order valence-corrected chi connectivity index (χ0v) is 13.4. The maximum absolute atomic E-state index is 12.5. The van der Waals surface area contributed by atoms with E-state index < -0.39 is 0 Å². The van der Waals surface area contributed by atoms with Gasteiger partial charge >= 0.3 is 6.03 Å². The van der Waals surface area contributed by atoms with Crippen LogP contribution >= 0.6 is 0 Å². The summed E-state index contributed by atoms with van der Waals surface area (Å²) in [6, 6.07) is 0.747. The number of amides is 2. The number of carbonyl (C=O) groups is 1. The van der Waals surface area contributed by atoms with Gasteiger partial charge in [-0.1, -0.05) is 0 Å². The molecule has 2 aliphatic heterocycles. The smallest absolute Gasteiger partial charge is 0.317 e. The fourth-order valence-corrected chi connectivity index (χ4v) is 3.60. The number of rotatable bonds is 4. The summed E-state index contributed by atoms with van der Waals surface area (Å²) in [7, 11) is 0. The third kappa shape index (κ3) is 3.80. The number of nitrogens with one attached hydrogen (secondary N) is 1. The minimum absolute atomic E-state index is 0.0801. The number of urea groups is 1. The molecule has 2 fully saturated rings. The molecule has 6 nitrogen and oxygen atoms in total. The van der Waals surface area contributed by atoms with E-state index in [1.54, 1.807) is 12.5 Å². The van der Waals surface area contributed by atoms with Crippen molar-refractivity contribution in [2.75, 3.05) is 26.2 Å². The summed E-state index contributed by atoms with van der Waals surface area (Å²) in [5, 5.41) is 3.12. The highest BCUT2D eigenvalue weighted by Crippen LogP contribution is 2.20. The fourth-order valence-electron chi connectivity index (χ4n) is 3.60. The molecule has 3 rings (SSSR count). The van der Waals surface area contributed by atoms with Crippen LogP contribution in [0.2, 0.25) is 0 Å². The summed E-state index contributed by atoms with van der Waals surface area (Å²) >= 11 is 0. The first-order valence-corrected chi connectivity index (χ1v) is 8.47. The summed E-state index contributed by atoms with van der Waals surface area (Å²) in [5.74, 6) is 0. The second-order valence-electron chi connectivity index (χ2n) is 6.60. The zero-order chi connectivity index (χ0) is 15.4. The van der Waals surface area contributed by atoms with Crippen molar-refractivity contribution in [3.8, 4) is 0 Å². The molecule has 1 N–H and O–H groups in total. The van der Waals surface area contributed by atoms with E-state index in [2.05, 4.69) is 15.2 Å². The van der Waals surface area contributed by atoms with Crippen LogP contribution in [-0.4, -0.2) is 63.6 Å². The predicted octanol–water partition coefficient (Wildman–Crippen LogP) is 1.54. The number of nitrogens with zero attached hydrogens (tertiary/aromatic N) is 4. The minimum atomic E-state index is 0.0801. The quantitative estimate of drug-likeness (QED) is 0.918. The van der Waals surface area contributed by atoms with Gasteiger partial charge in [-0.3, -0.25) is 4.90 Å². The molecule has 2 aliphatic rings. The largest absolute Gasteiger partial charge is 0.335 e. The molecular formula is C16H27N5O. The van der Waals surface area contributed by atoms with Crippen LogP contribution < -0.4 is 5.32 Å². The van der Waals surface area contributed by atoms with Crippen molar-refractivity contribution >= 4 is 6.03 Å². The van der Waals surface area contributed by atoms with Gasteiger partial charge in [-0.25, -0.2) is 9.78 Å². The van der Waals surface area contributed by atoms with Crippen molar-refractivity contribution in [1.29, 1.82) is 0 Å². The average Bonchev–Trinajstić information content (AvgIpc) is 3.20. The Balaban J connectivity index is 1.48. The third-order valence-corrected chi connectivity index (χ3v) is 4.75. The number of likely N-dealkylation sites (tertiary alicyclic amines) is 2. The molecule has 3 heterocycles. The average molecular weight is 305 g/mol. The molecule has 2 amide bonds. The van der Waals surface area contributed by atoms with Crippen molar-refractivity contribution in [2.24, 2.45) is 0 Å². The number of hydrogen-bond acceptors (Lipinski definition) is 3. The first-order chi connectivity index (χ1) is 10.7. The summed E-state index contributed by atoms with van der Waals surface area (Å²) in [6.07, 6.45) is 10.4. The van der Waals surface area contributed by atoms with Gasteiger partial charge in [0.1, 0.15) is 0 Å². The van der Waals surface area contributed by atoms with E-state index in [9.17, 15) is 4.79 Å². The molecule has 0 radical (unpaired) electrons. The second kappa shape index (κ2) is 7.13. The van der Waals surface area contributed by atoms with Gasteiger partial charge in [-0.05, 0) is 45.7 Å². The number of aromatic nitrogens is 2. The van der Waals surface area contributed by atoms with Crippen LogP contribution in [-0.2, 0) is 6.54 Å². The Hall–Kier alpha value is -1.56. The molecule has 0 spiro atoms. The van der Waals surface area contributed by atoms with Crippen LogP contribution in [0.1, 0.15) is 32.6 Å². The molecule has 0 aromatic carbocycles. The van der Waals surface area contributed by atoms with E-state index in [-0.39, 0.29) is 12.1 Å². The van der Waals surface area contributed by atoms with Gasteiger partial charge < -0.3 is 14.8 Å². The van der Waals surface area contributed by atoms with E-state index in [4.69, 9.17) is 0 Å². The van der Waals surface area contributed by atoms with Gasteiger partial charge in [0.2, 0.25) is 0 Å². The SMILES string of the molecule is C[C@@H](Cn1ccnc1)NC(=O)N1CCC[C@@H](N2CCCC2)C1. The van der Waals surface area contributed by atoms with Crippen molar-refractivity contribution in [3.05, 3.63) is 18.7 Å². The van der Waals surface area contributed by atoms with E-state index in [0.29, 0.717) is 6.04 Å². The summed E-state index contributed by atoms with van der Waals surface area (Å²) in [4.78, 5) is 21.1. The van der Waals surface area contributed by atoms with Crippen molar-refractivity contribution in [1.82, 2.24) is 24.7 Å². The minimum Gasteiger partial charge on any atom is -0.335 e. The van der Waals surface area contributed by atoms with Crippen molar-refractivity contribution < 1.29 is 4.79 Å². The standard InChI is InChI=1S/C16H27N5O/c1-14(11-19-10-6-17-13-19)18-16(22)21-9-4-5-15(12-21)20-7-2-3-8-20/h6,10,13-15H,2-5,7-9,11-12H2,1H3,(H,18,22)/t14-,15+/m0/s1. The van der Waals surface area contributed by atoms with Gasteiger partial charge in [-0.15, -0.1) is 0 Å². The van der Waals surface area contributed by atoms with E-state index >= 15 is 0 Å². The molecule has 1 aromatic rings. The molecule has 2 atom stereocenters. The Morgan fingerprint density at radius 3 is 2.86 bits per heavy atom. The first-order valence-electron chi connectivity index (χ1n) is 8.47. The molecule has 1 aromatic heterocycles. The molecule has 2 saturated heterocycles. The first kappa shape index (κ1) is 15.3. The lowest BCUT2D eigenvalue weighted by atomic mass is 10.0. The third-order valence-electron chi connectivity index (χ3n) is 4.75. The Morgan fingerprint density at radius 1 is 1.32 bits per heavy atom. The van der Waals surface area contributed by atoms with Crippen molar-refractivity contribution in [3.63, 3.8) is 0 Å². The molecule has 0 unspecified atom stereocenters. The topological polar surface area (TPSA) is 53.4 Å². The molecule has 0 aliphatic carbocycles. The van der Waals surface area contributed by atoms with Crippen LogP contribution in [0, 0.1) is 0 Å². The van der Waals surface area contributed by atoms with Gasteiger partial charge in [0.15, 0.2) is 0 Å². The number of hydrogen-bond donors (Lipinski definition) is 1. The highest BCUT2D eigenvalue weighted by atomic mass is 16.2. The van der Waals surface area contributed by atoms with Crippen LogP contribution in [0.5, 0.6) is 0 Å². The lowest BCUT2D eigenvalue weighted by molar-refractivity contribution is 0.123. The van der Waals surface area contributed by atoms with E-state index in [1.807, 2.05) is 22.6 Å². The monoisotopic (exact) mass is 305 g/mol. The maximum atomic E-state index is 12.5.